The van der Waals surface area contributed by atoms with Gasteiger partial charge in [0.2, 0.25) is 0 Å². The molecule has 3 amide bonds. The number of likely N-dealkylation sites (tertiary alicyclic amines) is 2. The van der Waals surface area contributed by atoms with E-state index in [1.54, 1.807) is 40.9 Å². The Hall–Kier alpha value is -10.1. The number of nitrogens with zero attached hydrogens (tertiary/aromatic N) is 10. The molecule has 0 aliphatic carbocycles. The van der Waals surface area contributed by atoms with Gasteiger partial charge in [0.25, 0.3) is 17.7 Å². The summed E-state index contributed by atoms with van der Waals surface area (Å²) in [6.07, 6.45) is 18.8. The van der Waals surface area contributed by atoms with Gasteiger partial charge in [-0.3, -0.25) is 18.8 Å². The van der Waals surface area contributed by atoms with Crippen LogP contribution in [-0.4, -0.2) is 100 Å². The molecular formula is C89H130F2N10O7. The van der Waals surface area contributed by atoms with Crippen molar-refractivity contribution < 1.29 is 37.0 Å². The summed E-state index contributed by atoms with van der Waals surface area (Å²) >= 11 is 0. The molecule has 592 valence electrons. The summed E-state index contributed by atoms with van der Waals surface area (Å²) in [4.78, 5) is 58.7. The van der Waals surface area contributed by atoms with Crippen LogP contribution in [0, 0.1) is 23.0 Å². The number of amides is 3. The van der Waals surface area contributed by atoms with Crippen molar-refractivity contribution in [3.63, 3.8) is 0 Å². The molecule has 19 heteroatoms. The summed E-state index contributed by atoms with van der Waals surface area (Å²) in [6, 6.07) is 51.6. The number of rotatable bonds is 16. The van der Waals surface area contributed by atoms with Crippen LogP contribution in [0.15, 0.2) is 189 Å². The van der Waals surface area contributed by atoms with E-state index in [9.17, 15) is 28.0 Å². The lowest BCUT2D eigenvalue weighted by Gasteiger charge is -2.23. The average Bonchev–Trinajstić information content (AvgIpc) is 1.68. The van der Waals surface area contributed by atoms with Crippen LogP contribution in [0.2, 0.25) is 0 Å². The van der Waals surface area contributed by atoms with Crippen LogP contribution in [0.3, 0.4) is 0 Å². The first-order valence-electron chi connectivity index (χ1n) is 35.2. The van der Waals surface area contributed by atoms with Gasteiger partial charge in [0.05, 0.1) is 28.7 Å². The van der Waals surface area contributed by atoms with Crippen molar-refractivity contribution in [1.82, 2.24) is 39.2 Å². The number of pyridine rings is 1. The lowest BCUT2D eigenvalue weighted by atomic mass is 10.0. The predicted molar refractivity (Wildman–Crippen MR) is 446 cm³/mol. The number of nitriles is 1. The highest BCUT2D eigenvalue weighted by Crippen LogP contribution is 2.27. The zero-order chi connectivity index (χ0) is 70.5. The molecule has 2 saturated heterocycles. The fraction of sp³-hybridized carbons (Fsp3) is 0.449. The SMILES string of the molecule is C.C.C.C.C.C.C.C.C.CCC1CC(c2ccc(C#N)cc2)=NO1.CCC1CCCN1C(=O)c1ccc(F)cc1.CCC1CCCN1C(=O)c1ccccc1.CCCCc1noc2cc(F)ccc12.CCCCc1noc2ccccc12.CCCN1Cc2ccccc2C1=O.CCCn1nc2ccccn2c1=O. The number of hydrogen-bond acceptors (Lipinski definition) is 12. The summed E-state index contributed by atoms with van der Waals surface area (Å²) in [5.41, 5.74) is 10.3. The maximum atomic E-state index is 12.8. The maximum Gasteiger partial charge on any atom is 0.350 e. The Morgan fingerprint density at radius 2 is 1.08 bits per heavy atom. The van der Waals surface area contributed by atoms with E-state index in [1.165, 1.54) is 47.4 Å². The first kappa shape index (κ1) is 100.0. The van der Waals surface area contributed by atoms with Gasteiger partial charge in [-0.15, -0.1) is 5.10 Å². The van der Waals surface area contributed by atoms with E-state index in [4.69, 9.17) is 19.1 Å². The average molecular weight is 1490 g/mol. The number of hydrogen-bond donors (Lipinski definition) is 0. The van der Waals surface area contributed by atoms with Crippen LogP contribution in [-0.2, 0) is 30.8 Å². The third kappa shape index (κ3) is 27.6. The van der Waals surface area contributed by atoms with Crippen molar-refractivity contribution in [3.8, 4) is 6.07 Å². The third-order valence-corrected chi connectivity index (χ3v) is 17.7. The zero-order valence-electron chi connectivity index (χ0n) is 58.3. The van der Waals surface area contributed by atoms with Gasteiger partial charge in [0.1, 0.15) is 17.7 Å². The van der Waals surface area contributed by atoms with Crippen LogP contribution >= 0.6 is 0 Å². The van der Waals surface area contributed by atoms with E-state index >= 15 is 0 Å². The van der Waals surface area contributed by atoms with Crippen molar-refractivity contribution in [2.75, 3.05) is 19.6 Å². The number of carbonyl (C=O) groups excluding carboxylic acids is 3. The second-order valence-electron chi connectivity index (χ2n) is 24.8. The van der Waals surface area contributed by atoms with Crippen molar-refractivity contribution in [2.45, 2.75) is 249 Å². The molecule has 10 aromatic rings. The molecule has 3 atom stereocenters. The number of para-hydroxylation sites is 1. The molecule has 14 rings (SSSR count). The maximum absolute atomic E-state index is 12.8. The number of fused-ring (bicyclic) bond motifs is 4. The number of carbonyl (C=O) groups is 3. The molecule has 0 N–H and O–H groups in total. The number of benzene rings is 6. The molecule has 4 aliphatic rings. The van der Waals surface area contributed by atoms with Crippen LogP contribution in [0.25, 0.3) is 27.6 Å². The van der Waals surface area contributed by atoms with Crippen molar-refractivity contribution in [2.24, 2.45) is 5.16 Å². The fourth-order valence-corrected chi connectivity index (χ4v) is 12.2. The van der Waals surface area contributed by atoms with E-state index in [-0.39, 0.29) is 108 Å². The van der Waals surface area contributed by atoms with Crippen molar-refractivity contribution >= 4 is 51.0 Å². The fourth-order valence-electron chi connectivity index (χ4n) is 12.2. The zero-order valence-corrected chi connectivity index (χ0v) is 58.3. The molecule has 2 fully saturated rings. The van der Waals surface area contributed by atoms with Gasteiger partial charge >= 0.3 is 5.69 Å². The number of halogens is 2. The molecule has 0 saturated carbocycles. The minimum Gasteiger partial charge on any atom is -0.392 e. The largest absolute Gasteiger partial charge is 0.392 e. The number of unbranched alkanes of at least 4 members (excludes halogenated alkanes) is 2. The summed E-state index contributed by atoms with van der Waals surface area (Å²) in [7, 11) is 0. The lowest BCUT2D eigenvalue weighted by molar-refractivity contribution is 0.0726. The van der Waals surface area contributed by atoms with Gasteiger partial charge in [-0.05, 0) is 186 Å². The highest BCUT2D eigenvalue weighted by atomic mass is 19.1. The molecule has 3 unspecified atom stereocenters. The molecule has 17 nitrogen and oxygen atoms in total. The summed E-state index contributed by atoms with van der Waals surface area (Å²) < 4.78 is 38.8. The summed E-state index contributed by atoms with van der Waals surface area (Å²) in [5, 5.41) is 27.0. The molecule has 108 heavy (non-hydrogen) atoms. The third-order valence-electron chi connectivity index (χ3n) is 17.7. The Bertz CT molecular complexity index is 4290. The first-order chi connectivity index (χ1) is 48.3. The molecule has 6 aromatic carbocycles. The molecule has 8 heterocycles. The minimum absolute atomic E-state index is 0. The highest BCUT2D eigenvalue weighted by Gasteiger charge is 2.30. The van der Waals surface area contributed by atoms with Crippen LogP contribution in [0.5, 0.6) is 0 Å². The Morgan fingerprint density at radius 1 is 0.556 bits per heavy atom. The van der Waals surface area contributed by atoms with Crippen LogP contribution in [0.4, 0.5) is 8.78 Å². The standard InChI is InChI=1S/C13H16FNO.C13H17NO.C12H12N2O.C11H12FNO.2C11H13NO.C9H11N3O.9CH4/c1-2-12-4-3-9-15(12)13(16)10-5-7-11(14)8-6-10;1-2-12-9-6-10-14(12)13(15)11-7-4-3-5-8-11;1-2-11-7-12(14-15-11)10-5-3-9(8-13)4-6-10;1-2-3-4-10-9-6-5-8(12)7-11(9)14-13-10;1-2-7-12-8-9-5-3-4-6-10(9)11(12)13;1-2-3-7-10-9-6-4-5-8-11(9)13-12-10;1-2-6-12-9(13)11-7-4-3-5-8(11)10-12;;;;;;;;;/h5-8,12H,2-4,9H2,1H3;3-5,7-8,12H,2,6,9-10H2,1H3;3-6,11H,2,7H2,1H3;5-7H,2-4H2,1H3;3-6H,2,7-8H2,1H3;4-6,8H,2-3,7H2,1H3;3-5,7H,2,6H2,1H3;9*1H4. The molecule has 4 aromatic heterocycles. The Morgan fingerprint density at radius 3 is 1.62 bits per heavy atom. The van der Waals surface area contributed by atoms with Gasteiger partial charge in [0.15, 0.2) is 16.8 Å². The Labute approximate surface area is 646 Å². The van der Waals surface area contributed by atoms with Gasteiger partial charge in [-0.25, -0.2) is 18.3 Å². The van der Waals surface area contributed by atoms with Crippen molar-refractivity contribution in [1.29, 1.82) is 5.26 Å². The summed E-state index contributed by atoms with van der Waals surface area (Å²) in [6.45, 7) is 18.9. The monoisotopic (exact) mass is 1490 g/mol. The van der Waals surface area contributed by atoms with E-state index in [1.807, 2.05) is 125 Å². The molecule has 0 radical (unpaired) electrons. The summed E-state index contributed by atoms with van der Waals surface area (Å²) in [5.74, 6) is -0.164. The minimum atomic E-state index is -0.301. The van der Waals surface area contributed by atoms with E-state index < -0.39 is 0 Å². The Balaban J connectivity index is 0. The number of aromatic nitrogens is 5. The van der Waals surface area contributed by atoms with Gasteiger partial charge in [-0.1, -0.05) is 210 Å². The topological polar surface area (TPSA) is 198 Å². The second-order valence-corrected chi connectivity index (χ2v) is 24.8. The normalized spacial score (nSPS) is 14.3. The lowest BCUT2D eigenvalue weighted by Crippen LogP contribution is -2.35. The molecular weight excluding hydrogens is 1360 g/mol. The Kier molecular flexibility index (Phi) is 48.1. The smallest absolute Gasteiger partial charge is 0.350 e. The highest BCUT2D eigenvalue weighted by molar-refractivity contribution is 6.01. The van der Waals surface area contributed by atoms with E-state index in [2.05, 4.69) is 74.2 Å². The van der Waals surface area contributed by atoms with E-state index in [0.717, 1.165) is 166 Å². The van der Waals surface area contributed by atoms with E-state index in [0.29, 0.717) is 41.0 Å². The molecule has 0 bridgehead atoms. The van der Waals surface area contributed by atoms with Crippen molar-refractivity contribution in [3.05, 3.63) is 237 Å². The predicted octanol–water partition coefficient (Wildman–Crippen LogP) is 23.2. The first-order valence-corrected chi connectivity index (χ1v) is 35.2. The van der Waals surface area contributed by atoms with Gasteiger partial charge < -0.3 is 28.6 Å². The van der Waals surface area contributed by atoms with Crippen LogP contribution in [0.1, 0.15) is 264 Å². The number of oxime groups is 1. The quantitative estimate of drug-likeness (QED) is 0.0892. The molecule has 0 spiro atoms. The molecule has 4 aliphatic heterocycles. The number of aryl methyl sites for hydroxylation is 3. The van der Waals surface area contributed by atoms with Crippen LogP contribution < -0.4 is 5.69 Å². The second kappa shape index (κ2) is 52.0. The van der Waals surface area contributed by atoms with Gasteiger partial charge in [0, 0.05) is 91.0 Å². The van der Waals surface area contributed by atoms with Gasteiger partial charge in [-0.2, -0.15) is 5.26 Å².